The first-order chi connectivity index (χ1) is 25.7. The summed E-state index contributed by atoms with van der Waals surface area (Å²) in [7, 11) is -6.61. The molecule has 6 rings (SSSR count). The van der Waals surface area contributed by atoms with Crippen molar-refractivity contribution >= 4 is 45.5 Å². The summed E-state index contributed by atoms with van der Waals surface area (Å²) in [6.45, 7) is 9.04. The molecule has 2 aliphatic rings. The molecule has 1 aromatic heterocycles. The fourth-order valence-corrected chi connectivity index (χ4v) is 12.4. The van der Waals surface area contributed by atoms with Crippen molar-refractivity contribution < 1.29 is 31.6 Å². The van der Waals surface area contributed by atoms with Crippen molar-refractivity contribution in [2.24, 2.45) is 5.41 Å². The smallest absolute Gasteiger partial charge is 0.408 e. The third-order valence-electron chi connectivity index (χ3n) is 10.6. The number of aromatic nitrogens is 1. The van der Waals surface area contributed by atoms with Gasteiger partial charge < -0.3 is 13.6 Å². The normalized spacial score (nSPS) is 18.1. The van der Waals surface area contributed by atoms with E-state index in [1.54, 1.807) is 18.2 Å². The summed E-state index contributed by atoms with van der Waals surface area (Å²) in [5, 5.41) is 2.33. The van der Waals surface area contributed by atoms with Gasteiger partial charge in [-0.2, -0.15) is 0 Å². The molecule has 2 fully saturated rings. The van der Waals surface area contributed by atoms with Gasteiger partial charge in [-0.3, -0.25) is 9.36 Å². The molecule has 1 unspecified atom stereocenters. The van der Waals surface area contributed by atoms with Gasteiger partial charge in [0.2, 0.25) is 0 Å². The standard InChI is InChI=1S/C42H48N2O8SSi/c1-40(2,3)54(33-17-8-6-9-18-33,34-19-10-7-11-20-34)50-31-42(25-26-42)24-14-12-16-32-22-23-35-36(30-32)51-39(46)44(35)28-27-41(4,53(5,47)48)38(45)43-52-37-21-13-15-29-49-37/h6-11,17-20,22-23,30,37H,13,15,21,25-29,31H2,1-5H3,(H,43,45)/t37?,41-/m1/s1. The van der Waals surface area contributed by atoms with Crippen LogP contribution in [0.5, 0.6) is 0 Å². The largest absolute Gasteiger partial charge is 0.419 e. The van der Waals surface area contributed by atoms with Crippen LogP contribution in [0.2, 0.25) is 5.04 Å². The van der Waals surface area contributed by atoms with Gasteiger partial charge in [-0.15, -0.1) is 0 Å². The number of rotatable bonds is 12. The zero-order valence-corrected chi connectivity index (χ0v) is 33.4. The zero-order chi connectivity index (χ0) is 38.6. The molecule has 1 N–H and O–H groups in total. The van der Waals surface area contributed by atoms with E-state index in [4.69, 9.17) is 18.4 Å². The van der Waals surface area contributed by atoms with E-state index < -0.39 is 40.9 Å². The maximum atomic E-state index is 13.1. The highest BCUT2D eigenvalue weighted by Gasteiger charge is 2.53. The maximum Gasteiger partial charge on any atom is 0.419 e. The number of oxazole rings is 1. The van der Waals surface area contributed by atoms with E-state index >= 15 is 0 Å². The second-order valence-electron chi connectivity index (χ2n) is 15.5. The van der Waals surface area contributed by atoms with E-state index in [1.165, 1.54) is 21.9 Å². The Labute approximate surface area is 318 Å². The van der Waals surface area contributed by atoms with Crippen LogP contribution >= 0.6 is 0 Å². The van der Waals surface area contributed by atoms with Gasteiger partial charge in [0, 0.05) is 31.4 Å². The predicted octanol–water partition coefficient (Wildman–Crippen LogP) is 5.07. The van der Waals surface area contributed by atoms with E-state index in [0.29, 0.717) is 36.3 Å². The number of amides is 1. The molecule has 1 aliphatic heterocycles. The first-order valence-electron chi connectivity index (χ1n) is 18.4. The van der Waals surface area contributed by atoms with Crippen molar-refractivity contribution in [3.8, 4) is 23.7 Å². The first-order valence-corrected chi connectivity index (χ1v) is 22.2. The maximum absolute atomic E-state index is 13.1. The summed E-state index contributed by atoms with van der Waals surface area (Å²) < 4.78 is 43.2. The van der Waals surface area contributed by atoms with Gasteiger partial charge in [0.1, 0.15) is 0 Å². The third kappa shape index (κ3) is 8.29. The molecule has 1 aliphatic carbocycles. The minimum absolute atomic E-state index is 0.0860. The Morgan fingerprint density at radius 3 is 2.22 bits per heavy atom. The monoisotopic (exact) mass is 768 g/mol. The van der Waals surface area contributed by atoms with E-state index in [-0.39, 0.29) is 23.4 Å². The lowest BCUT2D eigenvalue weighted by molar-refractivity contribution is -0.201. The van der Waals surface area contributed by atoms with E-state index in [2.05, 4.69) is 98.5 Å². The number of fused-ring (bicyclic) bond motifs is 1. The number of benzene rings is 3. The molecular formula is C42H48N2O8SSi. The molecule has 1 amide bonds. The molecule has 1 saturated heterocycles. The molecule has 12 heteroatoms. The summed E-state index contributed by atoms with van der Waals surface area (Å²) in [5.74, 6) is 11.0. The molecule has 2 atom stereocenters. The second kappa shape index (κ2) is 15.7. The van der Waals surface area contributed by atoms with Crippen molar-refractivity contribution in [1.29, 1.82) is 0 Å². The number of sulfone groups is 1. The molecule has 1 saturated carbocycles. The summed E-state index contributed by atoms with van der Waals surface area (Å²) in [4.78, 5) is 31.4. The number of ether oxygens (including phenoxy) is 1. The molecule has 0 radical (unpaired) electrons. The average molecular weight is 769 g/mol. The van der Waals surface area contributed by atoms with Crippen LogP contribution in [0.3, 0.4) is 0 Å². The van der Waals surface area contributed by atoms with Gasteiger partial charge in [0.05, 0.1) is 17.5 Å². The van der Waals surface area contributed by atoms with Crippen LogP contribution in [0.1, 0.15) is 71.8 Å². The summed E-state index contributed by atoms with van der Waals surface area (Å²) in [6.07, 6.45) is 4.39. The molecule has 4 aromatic rings. The zero-order valence-electron chi connectivity index (χ0n) is 31.6. The fraction of sp³-hybridized carbons (Fsp3) is 0.429. The van der Waals surface area contributed by atoms with E-state index in [0.717, 1.165) is 31.9 Å². The van der Waals surface area contributed by atoms with Crippen LogP contribution in [0, 0.1) is 29.1 Å². The van der Waals surface area contributed by atoms with Crippen LogP contribution in [0.4, 0.5) is 0 Å². The number of carbonyl (C=O) groups excluding carboxylic acids is 1. The lowest BCUT2D eigenvalue weighted by Crippen LogP contribution is -2.67. The number of hydrogen-bond acceptors (Lipinski definition) is 8. The number of hydroxylamine groups is 1. The molecule has 10 nitrogen and oxygen atoms in total. The highest BCUT2D eigenvalue weighted by atomic mass is 32.2. The van der Waals surface area contributed by atoms with E-state index in [9.17, 15) is 18.0 Å². The van der Waals surface area contributed by atoms with Crippen LogP contribution in [-0.2, 0) is 35.2 Å². The molecular weight excluding hydrogens is 721 g/mol. The Kier molecular flexibility index (Phi) is 11.4. The minimum Gasteiger partial charge on any atom is -0.408 e. The van der Waals surface area contributed by atoms with E-state index in [1.807, 2.05) is 12.1 Å². The second-order valence-corrected chi connectivity index (χ2v) is 22.3. The predicted molar refractivity (Wildman–Crippen MR) is 211 cm³/mol. The fourth-order valence-electron chi connectivity index (χ4n) is 6.91. The van der Waals surface area contributed by atoms with Crippen molar-refractivity contribution in [2.75, 3.05) is 19.5 Å². The molecule has 0 bridgehead atoms. The van der Waals surface area contributed by atoms with Crippen LogP contribution in [0.15, 0.2) is 88.1 Å². The van der Waals surface area contributed by atoms with Gasteiger partial charge in [0.15, 0.2) is 26.5 Å². The topological polar surface area (TPSA) is 126 Å². The average Bonchev–Trinajstić information content (AvgIpc) is 3.85. The summed E-state index contributed by atoms with van der Waals surface area (Å²) in [5.41, 5.74) is 3.37. The lowest BCUT2D eigenvalue weighted by atomic mass is 10.1. The number of carbonyl (C=O) groups is 1. The SMILES string of the molecule is CC(C)(C)[Si](OCC1(C#CC#Cc2ccc3c(c2)oc(=O)n3CC[C@](C)(C(=O)NOC2CCCCO2)S(C)(=O)=O)CC1)(c1ccccc1)c1ccccc1. The number of hydrogen-bond donors (Lipinski definition) is 1. The van der Waals surface area contributed by atoms with Crippen molar-refractivity contribution in [2.45, 2.75) is 88.8 Å². The van der Waals surface area contributed by atoms with Gasteiger partial charge in [-0.1, -0.05) is 93.3 Å². The van der Waals surface area contributed by atoms with Crippen molar-refractivity contribution in [3.05, 3.63) is 95.0 Å². The first kappa shape index (κ1) is 39.3. The Morgan fingerprint density at radius 2 is 1.65 bits per heavy atom. The summed E-state index contributed by atoms with van der Waals surface area (Å²) >= 11 is 0. The summed E-state index contributed by atoms with van der Waals surface area (Å²) in [6, 6.07) is 26.2. The van der Waals surface area contributed by atoms with Crippen LogP contribution in [-0.4, -0.2) is 57.7 Å². The lowest BCUT2D eigenvalue weighted by Gasteiger charge is -2.43. The van der Waals surface area contributed by atoms with Gasteiger partial charge in [0.25, 0.3) is 14.2 Å². The quantitative estimate of drug-likeness (QED) is 0.120. The molecule has 2 heterocycles. The van der Waals surface area contributed by atoms with Gasteiger partial charge >= 0.3 is 5.76 Å². The van der Waals surface area contributed by atoms with Crippen molar-refractivity contribution in [1.82, 2.24) is 10.0 Å². The molecule has 0 spiro atoms. The van der Waals surface area contributed by atoms with Crippen LogP contribution in [0.25, 0.3) is 11.1 Å². The highest BCUT2D eigenvalue weighted by molar-refractivity contribution is 7.92. The molecule has 284 valence electrons. The number of nitrogens with one attached hydrogen (secondary N) is 1. The molecule has 54 heavy (non-hydrogen) atoms. The third-order valence-corrected chi connectivity index (χ3v) is 17.6. The minimum atomic E-state index is -3.92. The number of aryl methyl sites for hydroxylation is 1. The highest BCUT2D eigenvalue weighted by Crippen LogP contribution is 2.47. The molecule has 3 aromatic carbocycles. The van der Waals surface area contributed by atoms with Crippen LogP contribution < -0.4 is 21.6 Å². The number of nitrogens with zero attached hydrogens (tertiary/aromatic N) is 1. The Bertz CT molecular complexity index is 2220. The Balaban J connectivity index is 1.15. The van der Waals surface area contributed by atoms with Gasteiger partial charge in [-0.05, 0) is 84.5 Å². The Morgan fingerprint density at radius 1 is 0.981 bits per heavy atom. The van der Waals surface area contributed by atoms with Gasteiger partial charge in [-0.25, -0.2) is 23.5 Å². The van der Waals surface area contributed by atoms with Crippen molar-refractivity contribution in [3.63, 3.8) is 0 Å². The Hall–Kier alpha value is -4.43.